The molecule has 2 aromatic rings. The predicted molar refractivity (Wildman–Crippen MR) is 92.4 cm³/mol. The van der Waals surface area contributed by atoms with Crippen LogP contribution < -0.4 is 11.1 Å². The number of hydrogen-bond acceptors (Lipinski definition) is 6. The van der Waals surface area contributed by atoms with E-state index in [2.05, 4.69) is 37.7 Å². The van der Waals surface area contributed by atoms with Crippen molar-refractivity contribution in [2.24, 2.45) is 0 Å². The number of likely N-dealkylation sites (tertiary alicyclic amines) is 1. The Labute approximate surface area is 139 Å². The minimum atomic E-state index is 0.260. The lowest BCUT2D eigenvalue weighted by molar-refractivity contribution is 0.210. The van der Waals surface area contributed by atoms with Crippen molar-refractivity contribution in [3.63, 3.8) is 0 Å². The van der Waals surface area contributed by atoms with Gasteiger partial charge in [-0.3, -0.25) is 4.90 Å². The standard InChI is InChI=1S/C15H20ClN5S/c1-10-13(16)14(20-15(17)18-10)19-11-4-2-6-21(8-11)9-12-5-3-7-22-12/h3,5,7,11H,2,4,6,8-9H2,1H3,(H3,17,18,19,20). The molecule has 0 aromatic carbocycles. The molecule has 1 fully saturated rings. The second-order valence-corrected chi connectivity index (χ2v) is 7.04. The van der Waals surface area contributed by atoms with Gasteiger partial charge >= 0.3 is 0 Å². The van der Waals surface area contributed by atoms with Crippen molar-refractivity contribution in [2.45, 2.75) is 32.4 Å². The molecule has 0 spiro atoms. The van der Waals surface area contributed by atoms with Crippen molar-refractivity contribution in [1.29, 1.82) is 0 Å². The van der Waals surface area contributed by atoms with E-state index in [0.717, 1.165) is 26.1 Å². The van der Waals surface area contributed by atoms with Gasteiger partial charge in [-0.1, -0.05) is 17.7 Å². The number of nitrogens with one attached hydrogen (secondary N) is 1. The van der Waals surface area contributed by atoms with E-state index in [1.54, 1.807) is 0 Å². The Hall–Kier alpha value is -1.37. The molecule has 118 valence electrons. The van der Waals surface area contributed by atoms with Crippen LogP contribution in [0.1, 0.15) is 23.4 Å². The molecular weight excluding hydrogens is 318 g/mol. The van der Waals surface area contributed by atoms with E-state index in [-0.39, 0.29) is 5.95 Å². The maximum Gasteiger partial charge on any atom is 0.222 e. The molecule has 7 heteroatoms. The van der Waals surface area contributed by atoms with Crippen LogP contribution in [0.3, 0.4) is 0 Å². The number of anilines is 2. The Morgan fingerprint density at radius 1 is 1.50 bits per heavy atom. The first-order chi connectivity index (χ1) is 10.6. The van der Waals surface area contributed by atoms with E-state index < -0.39 is 0 Å². The summed E-state index contributed by atoms with van der Waals surface area (Å²) in [7, 11) is 0. The average molecular weight is 338 g/mol. The number of piperidine rings is 1. The average Bonchev–Trinajstić information content (AvgIpc) is 2.97. The molecule has 1 aliphatic heterocycles. The van der Waals surface area contributed by atoms with Gasteiger partial charge in [-0.05, 0) is 37.8 Å². The van der Waals surface area contributed by atoms with Gasteiger partial charge in [0.15, 0.2) is 5.82 Å². The fourth-order valence-electron chi connectivity index (χ4n) is 2.81. The number of thiophene rings is 1. The first kappa shape index (κ1) is 15.5. The third-order valence-electron chi connectivity index (χ3n) is 3.84. The molecule has 0 radical (unpaired) electrons. The molecule has 22 heavy (non-hydrogen) atoms. The maximum atomic E-state index is 6.28. The Bertz CT molecular complexity index is 631. The summed E-state index contributed by atoms with van der Waals surface area (Å²) < 4.78 is 0. The summed E-state index contributed by atoms with van der Waals surface area (Å²) >= 11 is 8.09. The second kappa shape index (κ2) is 6.81. The lowest BCUT2D eigenvalue weighted by Gasteiger charge is -2.33. The first-order valence-corrected chi connectivity index (χ1v) is 8.68. The fourth-order valence-corrected chi connectivity index (χ4v) is 3.70. The summed E-state index contributed by atoms with van der Waals surface area (Å²) in [5.74, 6) is 0.908. The topological polar surface area (TPSA) is 67.1 Å². The molecule has 3 heterocycles. The molecule has 0 saturated carbocycles. The summed E-state index contributed by atoms with van der Waals surface area (Å²) in [6.07, 6.45) is 2.28. The van der Waals surface area contributed by atoms with Crippen molar-refractivity contribution in [3.05, 3.63) is 33.1 Å². The number of rotatable bonds is 4. The highest BCUT2D eigenvalue weighted by Gasteiger charge is 2.21. The number of nitrogen functional groups attached to an aromatic ring is 1. The molecule has 1 aliphatic rings. The molecule has 1 saturated heterocycles. The molecule has 5 nitrogen and oxygen atoms in total. The fraction of sp³-hybridized carbons (Fsp3) is 0.467. The molecule has 1 unspecified atom stereocenters. The van der Waals surface area contributed by atoms with Gasteiger partial charge < -0.3 is 11.1 Å². The Kier molecular flexibility index (Phi) is 4.81. The van der Waals surface area contributed by atoms with Crippen LogP contribution in [0.2, 0.25) is 5.02 Å². The molecule has 0 bridgehead atoms. The molecule has 0 aliphatic carbocycles. The SMILES string of the molecule is Cc1nc(N)nc(NC2CCCN(Cc3cccs3)C2)c1Cl. The summed E-state index contributed by atoms with van der Waals surface area (Å²) in [4.78, 5) is 12.2. The molecule has 2 aromatic heterocycles. The molecule has 3 rings (SSSR count). The van der Waals surface area contributed by atoms with Crippen LogP contribution in [-0.4, -0.2) is 34.0 Å². The number of hydrogen-bond donors (Lipinski definition) is 2. The van der Waals surface area contributed by atoms with E-state index in [1.807, 2.05) is 18.3 Å². The van der Waals surface area contributed by atoms with Gasteiger partial charge in [-0.2, -0.15) is 4.98 Å². The van der Waals surface area contributed by atoms with Crippen molar-refractivity contribution in [1.82, 2.24) is 14.9 Å². The van der Waals surface area contributed by atoms with Crippen LogP contribution in [0.15, 0.2) is 17.5 Å². The van der Waals surface area contributed by atoms with Crippen LogP contribution in [0, 0.1) is 6.92 Å². The van der Waals surface area contributed by atoms with Gasteiger partial charge in [0.2, 0.25) is 5.95 Å². The van der Waals surface area contributed by atoms with Gasteiger partial charge in [0, 0.05) is 24.0 Å². The molecule has 3 N–H and O–H groups in total. The Balaban J connectivity index is 1.65. The highest BCUT2D eigenvalue weighted by atomic mass is 35.5. The van der Waals surface area contributed by atoms with Crippen molar-refractivity contribution in [2.75, 3.05) is 24.1 Å². The first-order valence-electron chi connectivity index (χ1n) is 7.42. The Morgan fingerprint density at radius 3 is 3.14 bits per heavy atom. The van der Waals surface area contributed by atoms with E-state index in [0.29, 0.717) is 22.6 Å². The third kappa shape index (κ3) is 3.69. The van der Waals surface area contributed by atoms with Crippen LogP contribution in [0.4, 0.5) is 11.8 Å². The quantitative estimate of drug-likeness (QED) is 0.897. The summed E-state index contributed by atoms with van der Waals surface area (Å²) in [6, 6.07) is 4.62. The number of nitrogens with two attached hydrogens (primary N) is 1. The molecule has 0 amide bonds. The number of aromatic nitrogens is 2. The lowest BCUT2D eigenvalue weighted by atomic mass is 10.1. The third-order valence-corrected chi connectivity index (χ3v) is 5.15. The highest BCUT2D eigenvalue weighted by Crippen LogP contribution is 2.25. The van der Waals surface area contributed by atoms with Gasteiger partial charge in [0.1, 0.15) is 5.02 Å². The zero-order valence-electron chi connectivity index (χ0n) is 12.6. The zero-order valence-corrected chi connectivity index (χ0v) is 14.1. The number of nitrogens with zero attached hydrogens (tertiary/aromatic N) is 3. The van der Waals surface area contributed by atoms with E-state index in [1.165, 1.54) is 11.3 Å². The Morgan fingerprint density at radius 2 is 2.36 bits per heavy atom. The van der Waals surface area contributed by atoms with E-state index in [4.69, 9.17) is 17.3 Å². The normalized spacial score (nSPS) is 19.3. The molecule has 1 atom stereocenters. The zero-order chi connectivity index (χ0) is 15.5. The second-order valence-electron chi connectivity index (χ2n) is 5.63. The smallest absolute Gasteiger partial charge is 0.222 e. The van der Waals surface area contributed by atoms with Gasteiger partial charge in [0.25, 0.3) is 0 Å². The summed E-state index contributed by atoms with van der Waals surface area (Å²) in [6.45, 7) is 4.97. The lowest BCUT2D eigenvalue weighted by Crippen LogP contribution is -2.41. The number of halogens is 1. The van der Waals surface area contributed by atoms with Crippen molar-refractivity contribution < 1.29 is 0 Å². The molecular formula is C15H20ClN5S. The van der Waals surface area contributed by atoms with Gasteiger partial charge in [-0.25, -0.2) is 4.98 Å². The number of aryl methyl sites for hydroxylation is 1. The van der Waals surface area contributed by atoms with Crippen LogP contribution in [-0.2, 0) is 6.54 Å². The summed E-state index contributed by atoms with van der Waals surface area (Å²) in [5.41, 5.74) is 6.43. The van der Waals surface area contributed by atoms with E-state index >= 15 is 0 Å². The largest absolute Gasteiger partial charge is 0.368 e. The minimum absolute atomic E-state index is 0.260. The monoisotopic (exact) mass is 337 g/mol. The van der Waals surface area contributed by atoms with E-state index in [9.17, 15) is 0 Å². The van der Waals surface area contributed by atoms with Crippen LogP contribution in [0.5, 0.6) is 0 Å². The highest BCUT2D eigenvalue weighted by molar-refractivity contribution is 7.09. The van der Waals surface area contributed by atoms with Crippen LogP contribution in [0.25, 0.3) is 0 Å². The minimum Gasteiger partial charge on any atom is -0.368 e. The van der Waals surface area contributed by atoms with Crippen LogP contribution >= 0.6 is 22.9 Å². The summed E-state index contributed by atoms with van der Waals surface area (Å²) in [5, 5.41) is 6.13. The van der Waals surface area contributed by atoms with Crippen molar-refractivity contribution in [3.8, 4) is 0 Å². The van der Waals surface area contributed by atoms with Crippen molar-refractivity contribution >= 4 is 34.7 Å². The maximum absolute atomic E-state index is 6.28. The van der Waals surface area contributed by atoms with Gasteiger partial charge in [0.05, 0.1) is 5.69 Å². The predicted octanol–water partition coefficient (Wildman–Crippen LogP) is 3.16. The van der Waals surface area contributed by atoms with Gasteiger partial charge in [-0.15, -0.1) is 11.3 Å².